The second-order valence-corrected chi connectivity index (χ2v) is 20.9. The first-order chi connectivity index (χ1) is 35.9. The number of nitrogens with one attached hydrogen (secondary N) is 5. The zero-order chi connectivity index (χ0) is 52.3. The summed E-state index contributed by atoms with van der Waals surface area (Å²) in [5, 5.41) is 21.1. The molecule has 0 bridgehead atoms. The lowest BCUT2D eigenvalue weighted by atomic mass is 10.0. The smallest absolute Gasteiger partial charge is 0.315 e. The Morgan fingerprint density at radius 3 is 2.18 bits per heavy atom. The van der Waals surface area contributed by atoms with Gasteiger partial charge in [-0.2, -0.15) is 22.0 Å². The number of aromatic nitrogens is 1. The van der Waals surface area contributed by atoms with Gasteiger partial charge in [-0.05, 0) is 86.9 Å². The second kappa shape index (κ2) is 28.1. The predicted molar refractivity (Wildman–Crippen MR) is 278 cm³/mol. The summed E-state index contributed by atoms with van der Waals surface area (Å²) in [5.74, 6) is -1.30. The normalized spacial score (nSPS) is 19.6. The molecular weight excluding hydrogens is 991 g/mol. The number of carbonyl (C=O) groups excluding carboxylic acids is 7. The SMILES string of the molecule is CCc1ccc(CCOc2ccc(CC3SC(=O)N(C(=O)C[C@@H](NC(=O)c4ccc(C5(C)N=N5)cc4)C(=O)NCCCOCCOCCOCCCNC(=O)CCCC[C@@H]4SC[C@@H]5NC(=O)N[C@@H]54)C3=O)cc2)nc1. The molecule has 7 rings (SSSR count). The molecule has 0 aliphatic carbocycles. The average Bonchev–Trinajstić information content (AvgIpc) is 3.74. The van der Waals surface area contributed by atoms with Crippen molar-refractivity contribution in [1.82, 2.24) is 36.5 Å². The zero-order valence-electron chi connectivity index (χ0n) is 42.0. The molecule has 1 aromatic heterocycles. The topological polar surface area (TPSA) is 257 Å². The number of urea groups is 1. The number of amides is 8. The first kappa shape index (κ1) is 55.8. The molecular formula is C52H67N9O11S2. The summed E-state index contributed by atoms with van der Waals surface area (Å²) >= 11 is 2.62. The van der Waals surface area contributed by atoms with Crippen molar-refractivity contribution in [2.24, 2.45) is 10.2 Å². The first-order valence-corrected chi connectivity index (χ1v) is 27.4. The Morgan fingerprint density at radius 1 is 0.811 bits per heavy atom. The number of pyridine rings is 1. The zero-order valence-corrected chi connectivity index (χ0v) is 43.6. The van der Waals surface area contributed by atoms with E-state index in [0.717, 1.165) is 60.0 Å². The van der Waals surface area contributed by atoms with Crippen molar-refractivity contribution < 1.29 is 52.5 Å². The highest BCUT2D eigenvalue weighted by Crippen LogP contribution is 2.38. The van der Waals surface area contributed by atoms with Crippen LogP contribution < -0.4 is 31.3 Å². The third-order valence-corrected chi connectivity index (χ3v) is 15.5. The van der Waals surface area contributed by atoms with Gasteiger partial charge in [-0.3, -0.25) is 33.8 Å². The van der Waals surface area contributed by atoms with Gasteiger partial charge in [0, 0.05) is 73.2 Å². The molecule has 5 atom stereocenters. The highest BCUT2D eigenvalue weighted by atomic mass is 32.2. The number of hydrogen-bond donors (Lipinski definition) is 5. The summed E-state index contributed by atoms with van der Waals surface area (Å²) in [6, 6.07) is 16.7. The number of thioether (sulfide) groups is 2. The molecule has 398 valence electrons. The summed E-state index contributed by atoms with van der Waals surface area (Å²) in [5.41, 5.74) is 3.22. The van der Waals surface area contributed by atoms with E-state index >= 15 is 0 Å². The Kier molecular flexibility index (Phi) is 21.2. The van der Waals surface area contributed by atoms with E-state index in [-0.39, 0.29) is 42.6 Å². The van der Waals surface area contributed by atoms with Gasteiger partial charge in [0.15, 0.2) is 0 Å². The quantitative estimate of drug-likeness (QED) is 0.0407. The molecule has 5 N–H and O–H groups in total. The van der Waals surface area contributed by atoms with Crippen LogP contribution in [0.4, 0.5) is 9.59 Å². The lowest BCUT2D eigenvalue weighted by molar-refractivity contribution is -0.141. The van der Waals surface area contributed by atoms with Gasteiger partial charge >= 0.3 is 6.03 Å². The van der Waals surface area contributed by atoms with E-state index in [4.69, 9.17) is 18.9 Å². The van der Waals surface area contributed by atoms with E-state index in [1.807, 2.05) is 30.9 Å². The van der Waals surface area contributed by atoms with E-state index < -0.39 is 52.2 Å². The van der Waals surface area contributed by atoms with Crippen LogP contribution in [0.1, 0.15) is 91.5 Å². The predicted octanol–water partition coefficient (Wildman–Crippen LogP) is 5.01. The molecule has 4 aliphatic heterocycles. The largest absolute Gasteiger partial charge is 0.493 e. The summed E-state index contributed by atoms with van der Waals surface area (Å²) in [6.07, 6.45) is 7.28. The van der Waals surface area contributed by atoms with Crippen LogP contribution in [0.3, 0.4) is 0 Å². The lowest BCUT2D eigenvalue weighted by Crippen LogP contribution is -2.50. The van der Waals surface area contributed by atoms with Crippen LogP contribution in [0.15, 0.2) is 77.1 Å². The fraction of sp³-hybridized carbons (Fsp3) is 0.538. The maximum absolute atomic E-state index is 13.7. The van der Waals surface area contributed by atoms with Gasteiger partial charge in [0.25, 0.3) is 17.1 Å². The standard InChI is InChI=1S/C52H67N9O11S2/c1-3-34-10-17-38(55-32-34)20-25-72-39-18-11-35(12-19-39)30-43-49(66)61(51(68)74-43)45(63)31-40(56-47(64)36-13-15-37(16-14-36)52(2)59-60-52)48(65)54-22-7-24-70-27-29-71-28-26-69-23-6-21-53-44(62)9-5-4-8-42-46-41(33-73-42)57-50(67)58-46/h10-19,32,40-43,46H,3-9,20-31,33H2,1-2H3,(H,53,62)(H,54,65)(H,56,64)(H2,57,58,67)/t40-,41+,42+,43?,46+/m1/s1. The Bertz CT molecular complexity index is 2420. The van der Waals surface area contributed by atoms with Crippen LogP contribution in [-0.4, -0.2) is 144 Å². The number of carbonyl (C=O) groups is 7. The Balaban J connectivity index is 0.760. The van der Waals surface area contributed by atoms with Crippen LogP contribution in [0.2, 0.25) is 0 Å². The first-order valence-electron chi connectivity index (χ1n) is 25.4. The summed E-state index contributed by atoms with van der Waals surface area (Å²) in [4.78, 5) is 96.2. The summed E-state index contributed by atoms with van der Waals surface area (Å²) in [6.45, 7) is 7.23. The number of fused-ring (bicyclic) bond motifs is 1. The van der Waals surface area contributed by atoms with Crippen LogP contribution in [0, 0.1) is 0 Å². The van der Waals surface area contributed by atoms with Gasteiger partial charge in [-0.25, -0.2) is 9.69 Å². The molecule has 1 unspecified atom stereocenters. The summed E-state index contributed by atoms with van der Waals surface area (Å²) < 4.78 is 22.7. The summed E-state index contributed by atoms with van der Waals surface area (Å²) in [7, 11) is 0. The van der Waals surface area contributed by atoms with Crippen molar-refractivity contribution in [1.29, 1.82) is 0 Å². The van der Waals surface area contributed by atoms with Gasteiger partial charge < -0.3 is 45.5 Å². The van der Waals surface area contributed by atoms with E-state index in [9.17, 15) is 33.6 Å². The van der Waals surface area contributed by atoms with Gasteiger partial charge in [-0.1, -0.05) is 55.4 Å². The number of ether oxygens (including phenoxy) is 4. The number of nitrogens with zero attached hydrogens (tertiary/aromatic N) is 4. The number of aryl methyl sites for hydroxylation is 1. The minimum absolute atomic E-state index is 0.0296. The van der Waals surface area contributed by atoms with E-state index in [1.165, 1.54) is 5.56 Å². The van der Waals surface area contributed by atoms with Crippen molar-refractivity contribution in [2.75, 3.05) is 65.1 Å². The van der Waals surface area contributed by atoms with E-state index in [0.29, 0.717) is 94.4 Å². The Hall–Kier alpha value is -5.94. The fourth-order valence-electron chi connectivity index (χ4n) is 8.49. The third-order valence-electron chi connectivity index (χ3n) is 12.9. The fourth-order valence-corrected chi connectivity index (χ4v) is 11.1. The molecule has 0 radical (unpaired) electrons. The van der Waals surface area contributed by atoms with Crippen LogP contribution in [0.25, 0.3) is 0 Å². The van der Waals surface area contributed by atoms with Gasteiger partial charge in [0.2, 0.25) is 23.4 Å². The van der Waals surface area contributed by atoms with E-state index in [1.54, 1.807) is 48.5 Å². The minimum Gasteiger partial charge on any atom is -0.493 e. The van der Waals surface area contributed by atoms with Gasteiger partial charge in [0.05, 0.1) is 56.8 Å². The van der Waals surface area contributed by atoms with Crippen LogP contribution >= 0.6 is 23.5 Å². The molecule has 22 heteroatoms. The molecule has 74 heavy (non-hydrogen) atoms. The Morgan fingerprint density at radius 2 is 1.50 bits per heavy atom. The van der Waals surface area contributed by atoms with Crippen molar-refractivity contribution in [2.45, 2.75) is 112 Å². The number of rotatable bonds is 32. The van der Waals surface area contributed by atoms with Gasteiger partial charge in [-0.15, -0.1) is 0 Å². The maximum Gasteiger partial charge on any atom is 0.315 e. The monoisotopic (exact) mass is 1060 g/mol. The third kappa shape index (κ3) is 16.8. The second-order valence-electron chi connectivity index (χ2n) is 18.5. The molecule has 3 saturated heterocycles. The molecule has 4 aliphatic rings. The highest BCUT2D eigenvalue weighted by molar-refractivity contribution is 8.15. The highest BCUT2D eigenvalue weighted by Gasteiger charge is 2.45. The maximum atomic E-state index is 13.7. The number of imide groups is 3. The number of unbranched alkanes of at least 4 members (excludes halogenated alkanes) is 1. The number of benzene rings is 2. The van der Waals surface area contributed by atoms with Crippen LogP contribution in [-0.2, 0) is 58.3 Å². The van der Waals surface area contributed by atoms with E-state index in [2.05, 4.69) is 54.8 Å². The van der Waals surface area contributed by atoms with Crippen LogP contribution in [0.5, 0.6) is 5.75 Å². The minimum atomic E-state index is -1.41. The van der Waals surface area contributed by atoms with Gasteiger partial charge in [0.1, 0.15) is 11.8 Å². The lowest BCUT2D eigenvalue weighted by Gasteiger charge is -2.20. The number of hydrogen-bond acceptors (Lipinski definition) is 16. The molecule has 5 heterocycles. The Labute approximate surface area is 439 Å². The van der Waals surface area contributed by atoms with Crippen molar-refractivity contribution >= 4 is 64.3 Å². The molecule has 2 aromatic carbocycles. The molecule has 0 saturated carbocycles. The van der Waals surface area contributed by atoms with Crippen molar-refractivity contribution in [3.05, 3.63) is 94.8 Å². The molecule has 8 amide bonds. The molecule has 20 nitrogen and oxygen atoms in total. The van der Waals surface area contributed by atoms with Crippen molar-refractivity contribution in [3.8, 4) is 5.75 Å². The van der Waals surface area contributed by atoms with Crippen molar-refractivity contribution in [3.63, 3.8) is 0 Å². The molecule has 3 fully saturated rings. The molecule has 0 spiro atoms. The average molecular weight is 1060 g/mol. The molecule has 3 aromatic rings.